The summed E-state index contributed by atoms with van der Waals surface area (Å²) < 4.78 is 20.7. The zero-order valence-electron chi connectivity index (χ0n) is 16.9. The van der Waals surface area contributed by atoms with Crippen LogP contribution in [0.1, 0.15) is 29.4 Å². The molecule has 0 aliphatic heterocycles. The van der Waals surface area contributed by atoms with Gasteiger partial charge < -0.3 is 9.72 Å². The van der Waals surface area contributed by atoms with Crippen LogP contribution in [0.15, 0.2) is 29.1 Å². The standard InChI is InChI=1S/C21H27FN4O2/c1-5-26-15(3)19(14(2)24-26)13-25(8-9-28-4)12-17-10-16-6-7-18(22)11-20(16)23-21(17)27/h6-7,10-11H,5,8-9,12-13H2,1-4H3,(H,23,27). The van der Waals surface area contributed by atoms with Crippen molar-refractivity contribution in [3.05, 3.63) is 63.0 Å². The number of aromatic nitrogens is 3. The number of aryl methyl sites for hydroxylation is 2. The second-order valence-electron chi connectivity index (χ2n) is 7.02. The van der Waals surface area contributed by atoms with E-state index in [1.807, 2.05) is 17.7 Å². The van der Waals surface area contributed by atoms with Gasteiger partial charge in [-0.2, -0.15) is 5.10 Å². The Labute approximate surface area is 163 Å². The maximum atomic E-state index is 13.4. The van der Waals surface area contributed by atoms with E-state index in [1.54, 1.807) is 13.2 Å². The molecule has 0 unspecified atom stereocenters. The molecule has 3 rings (SSSR count). The highest BCUT2D eigenvalue weighted by Crippen LogP contribution is 2.18. The molecule has 150 valence electrons. The molecule has 2 heterocycles. The zero-order valence-corrected chi connectivity index (χ0v) is 16.9. The van der Waals surface area contributed by atoms with Crippen LogP contribution in [0.25, 0.3) is 10.9 Å². The third-order valence-corrected chi connectivity index (χ3v) is 5.10. The van der Waals surface area contributed by atoms with E-state index in [0.29, 0.717) is 37.3 Å². The summed E-state index contributed by atoms with van der Waals surface area (Å²) in [6.07, 6.45) is 0. The molecule has 7 heteroatoms. The van der Waals surface area contributed by atoms with Crippen LogP contribution in [0.2, 0.25) is 0 Å². The zero-order chi connectivity index (χ0) is 20.3. The number of hydrogen-bond donors (Lipinski definition) is 1. The molecule has 0 radical (unpaired) electrons. The predicted octanol–water partition coefficient (Wildman–Crippen LogP) is 3.15. The minimum Gasteiger partial charge on any atom is -0.383 e. The average molecular weight is 386 g/mol. The van der Waals surface area contributed by atoms with Crippen LogP contribution in [-0.2, 0) is 24.4 Å². The minimum absolute atomic E-state index is 0.196. The molecule has 0 bridgehead atoms. The van der Waals surface area contributed by atoms with Gasteiger partial charge in [-0.1, -0.05) is 0 Å². The van der Waals surface area contributed by atoms with E-state index >= 15 is 0 Å². The highest BCUT2D eigenvalue weighted by Gasteiger charge is 2.16. The van der Waals surface area contributed by atoms with Gasteiger partial charge in [0.15, 0.2) is 0 Å². The summed E-state index contributed by atoms with van der Waals surface area (Å²) in [5, 5.41) is 5.40. The van der Waals surface area contributed by atoms with Crippen molar-refractivity contribution < 1.29 is 9.13 Å². The Kier molecular flexibility index (Phi) is 6.26. The number of H-pyrrole nitrogens is 1. The van der Waals surface area contributed by atoms with Gasteiger partial charge in [0.1, 0.15) is 5.82 Å². The topological polar surface area (TPSA) is 63.1 Å². The van der Waals surface area contributed by atoms with Gasteiger partial charge in [0.2, 0.25) is 0 Å². The highest BCUT2D eigenvalue weighted by atomic mass is 19.1. The Hall–Kier alpha value is -2.51. The summed E-state index contributed by atoms with van der Waals surface area (Å²) in [7, 11) is 1.67. The quantitative estimate of drug-likeness (QED) is 0.646. The molecule has 3 aromatic rings. The molecular formula is C21H27FN4O2. The molecule has 1 aromatic carbocycles. The van der Waals surface area contributed by atoms with E-state index in [9.17, 15) is 9.18 Å². The van der Waals surface area contributed by atoms with Crippen LogP contribution in [0.5, 0.6) is 0 Å². The summed E-state index contributed by atoms with van der Waals surface area (Å²) in [5.74, 6) is -0.364. The number of halogens is 1. The molecule has 0 amide bonds. The van der Waals surface area contributed by atoms with Gasteiger partial charge in [0.05, 0.1) is 17.8 Å². The van der Waals surface area contributed by atoms with E-state index in [-0.39, 0.29) is 11.4 Å². The van der Waals surface area contributed by atoms with Crippen molar-refractivity contribution in [3.63, 3.8) is 0 Å². The number of nitrogens with one attached hydrogen (secondary N) is 1. The summed E-state index contributed by atoms with van der Waals surface area (Å²) in [6, 6.07) is 6.26. The fourth-order valence-electron chi connectivity index (χ4n) is 3.51. The largest absolute Gasteiger partial charge is 0.383 e. The molecule has 28 heavy (non-hydrogen) atoms. The van der Waals surface area contributed by atoms with Gasteiger partial charge in [-0.25, -0.2) is 4.39 Å². The van der Waals surface area contributed by atoms with E-state index in [4.69, 9.17) is 4.74 Å². The molecule has 0 spiro atoms. The van der Waals surface area contributed by atoms with Crippen molar-refractivity contribution in [2.24, 2.45) is 0 Å². The number of aromatic amines is 1. The first-order valence-corrected chi connectivity index (χ1v) is 9.48. The molecule has 6 nitrogen and oxygen atoms in total. The summed E-state index contributed by atoms with van der Waals surface area (Å²) >= 11 is 0. The smallest absolute Gasteiger partial charge is 0.252 e. The van der Waals surface area contributed by atoms with Gasteiger partial charge in [0.25, 0.3) is 5.56 Å². The predicted molar refractivity (Wildman–Crippen MR) is 108 cm³/mol. The van der Waals surface area contributed by atoms with Crippen LogP contribution in [0.3, 0.4) is 0 Å². The van der Waals surface area contributed by atoms with Gasteiger partial charge in [0, 0.05) is 50.1 Å². The third kappa shape index (κ3) is 4.31. The normalized spacial score (nSPS) is 11.6. The van der Waals surface area contributed by atoms with Gasteiger partial charge in [-0.15, -0.1) is 0 Å². The van der Waals surface area contributed by atoms with Crippen molar-refractivity contribution in [2.75, 3.05) is 20.3 Å². The van der Waals surface area contributed by atoms with Crippen LogP contribution in [0.4, 0.5) is 4.39 Å². The summed E-state index contributed by atoms with van der Waals surface area (Å²) in [6.45, 7) is 9.40. The number of methoxy groups -OCH3 is 1. The minimum atomic E-state index is -0.364. The number of fused-ring (bicyclic) bond motifs is 1. The number of nitrogens with zero attached hydrogens (tertiary/aromatic N) is 3. The Morgan fingerprint density at radius 2 is 2.04 bits per heavy atom. The van der Waals surface area contributed by atoms with Crippen molar-refractivity contribution in [3.8, 4) is 0 Å². The van der Waals surface area contributed by atoms with Crippen LogP contribution in [0, 0.1) is 19.7 Å². The fraction of sp³-hybridized carbons (Fsp3) is 0.429. The molecule has 0 saturated heterocycles. The first-order chi connectivity index (χ1) is 13.4. The summed E-state index contributed by atoms with van der Waals surface area (Å²) in [4.78, 5) is 17.5. The van der Waals surface area contributed by atoms with Gasteiger partial charge in [-0.05, 0) is 50.4 Å². The maximum absolute atomic E-state index is 13.4. The van der Waals surface area contributed by atoms with E-state index < -0.39 is 0 Å². The van der Waals surface area contributed by atoms with Crippen molar-refractivity contribution in [2.45, 2.75) is 40.4 Å². The lowest BCUT2D eigenvalue weighted by Crippen LogP contribution is -2.30. The van der Waals surface area contributed by atoms with Crippen LogP contribution in [-0.4, -0.2) is 39.9 Å². The second-order valence-corrected chi connectivity index (χ2v) is 7.02. The second kappa shape index (κ2) is 8.67. The van der Waals surface area contributed by atoms with Gasteiger partial charge in [-0.3, -0.25) is 14.4 Å². The molecule has 0 saturated carbocycles. The number of benzene rings is 1. The Morgan fingerprint density at radius 1 is 1.25 bits per heavy atom. The van der Waals surface area contributed by atoms with E-state index in [1.165, 1.54) is 17.7 Å². The molecule has 2 aromatic heterocycles. The molecule has 0 aliphatic rings. The molecular weight excluding hydrogens is 359 g/mol. The Morgan fingerprint density at radius 3 is 2.71 bits per heavy atom. The van der Waals surface area contributed by atoms with Crippen LogP contribution < -0.4 is 5.56 Å². The molecule has 0 aliphatic carbocycles. The lowest BCUT2D eigenvalue weighted by Gasteiger charge is -2.22. The Bertz CT molecular complexity index is 1030. The Balaban J connectivity index is 1.90. The average Bonchev–Trinajstić information content (AvgIpc) is 2.94. The molecule has 0 atom stereocenters. The number of hydrogen-bond acceptors (Lipinski definition) is 4. The maximum Gasteiger partial charge on any atom is 0.252 e. The van der Waals surface area contributed by atoms with E-state index in [2.05, 4.69) is 28.8 Å². The lowest BCUT2D eigenvalue weighted by atomic mass is 10.1. The highest BCUT2D eigenvalue weighted by molar-refractivity contribution is 5.78. The molecule has 1 N–H and O–H groups in total. The van der Waals surface area contributed by atoms with Gasteiger partial charge >= 0.3 is 0 Å². The molecule has 0 fully saturated rings. The fourth-order valence-corrected chi connectivity index (χ4v) is 3.51. The van der Waals surface area contributed by atoms with Crippen LogP contribution >= 0.6 is 0 Å². The summed E-state index contributed by atoms with van der Waals surface area (Å²) in [5.41, 5.74) is 4.28. The lowest BCUT2D eigenvalue weighted by molar-refractivity contribution is 0.139. The first-order valence-electron chi connectivity index (χ1n) is 9.48. The first kappa shape index (κ1) is 20.2. The van der Waals surface area contributed by atoms with E-state index in [0.717, 1.165) is 23.3 Å². The number of rotatable bonds is 8. The monoisotopic (exact) mass is 386 g/mol. The number of ether oxygens (including phenoxy) is 1. The number of pyridine rings is 1. The van der Waals surface area contributed by atoms with Crippen molar-refractivity contribution in [1.82, 2.24) is 19.7 Å². The SMILES string of the molecule is CCn1nc(C)c(CN(CCOC)Cc2cc3ccc(F)cc3[nH]c2=O)c1C. The van der Waals surface area contributed by atoms with Crippen molar-refractivity contribution >= 4 is 10.9 Å². The van der Waals surface area contributed by atoms with Crippen molar-refractivity contribution in [1.29, 1.82) is 0 Å². The third-order valence-electron chi connectivity index (χ3n) is 5.10.